The van der Waals surface area contributed by atoms with Crippen LogP contribution in [0.15, 0.2) is 162 Å². The highest BCUT2D eigenvalue weighted by molar-refractivity contribution is 6.15. The standard InChI is InChI=1S/C38H40F3N5O4.C38H41F3N4O3.C37H38F3N5O4/c1-9-29(48)44-18-27-37(49)43(8)36-35(45(27)16-21(44)5)24-15-26(40)31(30-25(39)11-10-12-28(30)47)32(41)34(24)46(38(36)50)33-20(4)13-22(17-42(6)7)14-23(33)19(2)3;1-8-31(47)43-19-24-12-13-25-36(44(24)17-22(43)5)27-16-29(40)33(32-28(39)10-9-11-30(32)46)34(41)37(27)45(38(25)48)35-21(4)14-23(18-42(6)7)15-26(35)20(2)3;1-8-28(47)43-17-26-36(48)41-32-35(44(26)15-20(43)5)23-14-25(39)30(29-24(38)10-9-11-27(29)46)31(40)34(23)45(37(32)49)33-19(4)12-21(16-42(6)7)13-22(33)18(2)3/h9-15,19,21,27,47H,1,16-18H2,2-8H3;8-11,14-16,20,22,24,46H,1,12-13,17-19H2,2-7H3;8-14,18,20,26,46H,1,15-17H2,2-7H3,(H,41,48). The van der Waals surface area contributed by atoms with E-state index < -0.39 is 156 Å². The van der Waals surface area contributed by atoms with E-state index in [1.165, 1.54) is 61.2 Å². The number of halogens is 9. The number of nitrogens with zero attached hydrogens (tertiary/aromatic N) is 13. The lowest BCUT2D eigenvalue weighted by Gasteiger charge is -2.50. The number of aromatic hydroxyl groups is 3. The Morgan fingerprint density at radius 1 is 0.408 bits per heavy atom. The van der Waals surface area contributed by atoms with E-state index in [0.717, 1.165) is 93.1 Å². The number of hydrogen-bond acceptors (Lipinski definition) is 17. The number of aryl methyl sites for hydroxylation is 3. The predicted molar refractivity (Wildman–Crippen MR) is 556 cm³/mol. The third kappa shape index (κ3) is 18.3. The van der Waals surface area contributed by atoms with Crippen molar-refractivity contribution in [2.24, 2.45) is 0 Å². The number of pyridine rings is 3. The number of phenols is 3. The SMILES string of the molecule is C=CC(=O)N1CC2C(=O)N(C)c3c(c4cc(F)c(-c5c(O)cccc5F)c(F)c4n(-c4c(C)cc(CN(C)C)cc4C(C)C)c3=O)N2CC1C.C=CC(=O)N1CC2C(=O)Nc3c(c4cc(F)c(-c5c(O)cccc5F)c(F)c4n(-c4c(C)cc(CN(C)C)cc4C(C)C)c3=O)N2CC1C.C=CC(=O)N1CC2CCc3c(c4cc(F)c(-c5c(O)cccc5F)c(F)c4n(-c4c(C)cc(CN(C)C)cc4C(C)C)c3=O)N2CC1C. The van der Waals surface area contributed by atoms with Crippen LogP contribution in [-0.2, 0) is 50.0 Å². The van der Waals surface area contributed by atoms with E-state index in [2.05, 4.69) is 25.1 Å². The summed E-state index contributed by atoms with van der Waals surface area (Å²) in [5, 5.41) is 34.7. The second-order valence-electron chi connectivity index (χ2n) is 40.8. The molecule has 9 heterocycles. The van der Waals surface area contributed by atoms with E-state index in [1.54, 1.807) is 42.4 Å². The third-order valence-electron chi connectivity index (χ3n) is 28.8. The van der Waals surface area contributed by atoms with E-state index >= 15 is 44.3 Å². The zero-order chi connectivity index (χ0) is 107. The molecule has 0 radical (unpaired) electrons. The lowest BCUT2D eigenvalue weighted by molar-refractivity contribution is -0.132. The van der Waals surface area contributed by atoms with Gasteiger partial charge in [-0.25, -0.2) is 39.5 Å². The van der Waals surface area contributed by atoms with Crippen LogP contribution in [-0.4, -0.2) is 213 Å². The average Bonchev–Trinajstić information content (AvgIpc) is 0.755. The molecule has 4 N–H and O–H groups in total. The molecule has 5 amide bonds. The summed E-state index contributed by atoms with van der Waals surface area (Å²) in [6, 6.07) is 21.6. The van der Waals surface area contributed by atoms with Gasteiger partial charge < -0.3 is 69.6 Å². The van der Waals surface area contributed by atoms with Crippen molar-refractivity contribution in [1.29, 1.82) is 0 Å². The second kappa shape index (κ2) is 40.6. The molecule has 12 aromatic rings. The maximum absolute atomic E-state index is 17.4. The van der Waals surface area contributed by atoms with Gasteiger partial charge in [0.05, 0.1) is 97.1 Å². The van der Waals surface area contributed by atoms with Crippen LogP contribution in [0, 0.1) is 73.1 Å². The lowest BCUT2D eigenvalue weighted by atomic mass is 9.89. The van der Waals surface area contributed by atoms with Crippen molar-refractivity contribution >= 4 is 90.7 Å². The van der Waals surface area contributed by atoms with Crippen LogP contribution in [0.4, 0.5) is 68.0 Å². The first-order valence-electron chi connectivity index (χ1n) is 48.8. The average molecular weight is 2020 g/mol. The summed E-state index contributed by atoms with van der Waals surface area (Å²) >= 11 is 0. The molecule has 6 atom stereocenters. The van der Waals surface area contributed by atoms with Crippen LogP contribution in [0.2, 0.25) is 0 Å². The first-order valence-corrected chi connectivity index (χ1v) is 48.8. The second-order valence-corrected chi connectivity index (χ2v) is 40.8. The quantitative estimate of drug-likeness (QED) is 0.0460. The number of nitrogens with one attached hydrogen (secondary N) is 1. The lowest BCUT2D eigenvalue weighted by Crippen LogP contribution is -2.66. The van der Waals surface area contributed by atoms with Crippen LogP contribution in [0.3, 0.4) is 0 Å². The maximum atomic E-state index is 17.4. The number of carbonyl (C=O) groups excluding carboxylic acids is 5. The number of phenolic OH excluding ortho intramolecular Hbond substituents is 3. The fourth-order valence-electron chi connectivity index (χ4n) is 22.4. The first-order chi connectivity index (χ1) is 69.5. The highest BCUT2D eigenvalue weighted by atomic mass is 19.2. The topological polar surface area (TPSA) is 256 Å². The van der Waals surface area contributed by atoms with Gasteiger partial charge in [0, 0.05) is 98.8 Å². The van der Waals surface area contributed by atoms with Crippen molar-refractivity contribution in [1.82, 2.24) is 43.1 Å². The van der Waals surface area contributed by atoms with E-state index in [0.29, 0.717) is 96.1 Å². The number of carbonyl (C=O) groups is 5. The summed E-state index contributed by atoms with van der Waals surface area (Å²) in [5.74, 6) is -14.5. The van der Waals surface area contributed by atoms with Crippen molar-refractivity contribution in [2.75, 3.05) is 114 Å². The van der Waals surface area contributed by atoms with Crippen molar-refractivity contribution in [3.63, 3.8) is 0 Å². The number of piperazine rings is 3. The van der Waals surface area contributed by atoms with E-state index in [4.69, 9.17) is 0 Å². The summed E-state index contributed by atoms with van der Waals surface area (Å²) in [5.41, 5.74) is 1.92. The fourth-order valence-corrected chi connectivity index (χ4v) is 22.4. The third-order valence-corrected chi connectivity index (χ3v) is 28.8. The van der Waals surface area contributed by atoms with Gasteiger partial charge in [0.1, 0.15) is 75.6 Å². The number of anilines is 5. The Labute approximate surface area is 845 Å². The van der Waals surface area contributed by atoms with Gasteiger partial charge in [-0.05, 0) is 237 Å². The van der Waals surface area contributed by atoms with Crippen LogP contribution in [0.1, 0.15) is 142 Å². The molecule has 147 heavy (non-hydrogen) atoms. The van der Waals surface area contributed by atoms with Gasteiger partial charge in [-0.15, -0.1) is 0 Å². The van der Waals surface area contributed by atoms with Gasteiger partial charge >= 0.3 is 0 Å². The van der Waals surface area contributed by atoms with Crippen LogP contribution in [0.5, 0.6) is 17.2 Å². The van der Waals surface area contributed by atoms with Gasteiger partial charge in [0.15, 0.2) is 17.5 Å². The Morgan fingerprint density at radius 3 is 1.10 bits per heavy atom. The molecular formula is C113H119F9N14O11. The summed E-state index contributed by atoms with van der Waals surface area (Å²) in [6.45, 7) is 36.0. The number of benzene rings is 9. The van der Waals surface area contributed by atoms with E-state index in [9.17, 15) is 48.9 Å². The normalized spacial score (nSPS) is 17.5. The molecular weight excluding hydrogens is 1900 g/mol. The van der Waals surface area contributed by atoms with Gasteiger partial charge in [0.2, 0.25) is 23.6 Å². The predicted octanol–water partition coefficient (Wildman–Crippen LogP) is 18.5. The smallest absolute Gasteiger partial charge is 0.281 e. The number of rotatable bonds is 18. The van der Waals surface area contributed by atoms with Gasteiger partial charge in [0.25, 0.3) is 22.6 Å². The Morgan fingerprint density at radius 2 is 0.741 bits per heavy atom. The molecule has 0 aliphatic carbocycles. The van der Waals surface area contributed by atoms with E-state index in [-0.39, 0.29) is 129 Å². The Hall–Kier alpha value is -14.8. The molecule has 0 saturated carbocycles. The van der Waals surface area contributed by atoms with Crippen molar-refractivity contribution < 1.29 is 78.8 Å². The number of aromatic nitrogens is 3. The fraction of sp³-hybridized carbons (Fsp3) is 0.345. The van der Waals surface area contributed by atoms with Gasteiger partial charge in [-0.1, -0.05) is 116 Å². The molecule has 0 spiro atoms. The van der Waals surface area contributed by atoms with Crippen LogP contribution >= 0.6 is 0 Å². The Bertz CT molecular complexity index is 7680. The largest absolute Gasteiger partial charge is 0.507 e. The van der Waals surface area contributed by atoms with Gasteiger partial charge in [-0.3, -0.25) is 52.1 Å². The molecule has 25 nitrogen and oxygen atoms in total. The minimum Gasteiger partial charge on any atom is -0.507 e. The minimum atomic E-state index is -1.26. The highest BCUT2D eigenvalue weighted by Gasteiger charge is 2.50. The highest BCUT2D eigenvalue weighted by Crippen LogP contribution is 2.52. The molecule has 6 aliphatic rings. The molecule has 18 rings (SSSR count). The molecule has 3 fully saturated rings. The summed E-state index contributed by atoms with van der Waals surface area (Å²) < 4.78 is 151. The summed E-state index contributed by atoms with van der Waals surface area (Å²) in [4.78, 5) is 128. The molecule has 770 valence electrons. The van der Waals surface area contributed by atoms with Gasteiger partial charge in [-0.2, -0.15) is 0 Å². The van der Waals surface area contributed by atoms with E-state index in [1.807, 2.05) is 154 Å². The molecule has 3 saturated heterocycles. The monoisotopic (exact) mass is 2020 g/mol. The zero-order valence-corrected chi connectivity index (χ0v) is 85.5. The molecule has 6 unspecified atom stereocenters. The minimum absolute atomic E-state index is 0.0271. The van der Waals surface area contributed by atoms with Crippen molar-refractivity contribution in [3.8, 4) is 67.7 Å². The van der Waals surface area contributed by atoms with Crippen LogP contribution < -0.4 is 41.6 Å². The number of fused-ring (bicyclic) bond motifs is 15. The molecule has 0 bridgehead atoms. The molecule has 9 aromatic carbocycles. The van der Waals surface area contributed by atoms with Crippen molar-refractivity contribution in [3.05, 3.63) is 286 Å². The zero-order valence-electron chi connectivity index (χ0n) is 85.5. The molecule has 3 aromatic heterocycles. The number of hydrogen-bond donors (Lipinski definition) is 4. The molecule has 6 aliphatic heterocycles. The summed E-state index contributed by atoms with van der Waals surface area (Å²) in [7, 11) is 13.1. The first kappa shape index (κ1) is 105. The number of amides is 5. The van der Waals surface area contributed by atoms with Crippen molar-refractivity contribution in [2.45, 2.75) is 170 Å². The Kier molecular flexibility index (Phi) is 29.0. The summed E-state index contributed by atoms with van der Waals surface area (Å²) in [6.07, 6.45) is 4.49. The number of likely N-dealkylation sites (N-methyl/N-ethyl adjacent to an activating group) is 1. The van der Waals surface area contributed by atoms with Crippen LogP contribution in [0.25, 0.3) is 83.2 Å². The maximum Gasteiger partial charge on any atom is 0.281 e. The Balaban J connectivity index is 0.000000158. The molecule has 34 heteroatoms.